The molecule has 0 saturated heterocycles. The smallest absolute Gasteiger partial charge is 0.154 e. The van der Waals surface area contributed by atoms with E-state index in [-0.39, 0.29) is 5.82 Å². The fraction of sp³-hybridized carbons (Fsp3) is 0.143. The molecule has 0 aliphatic carbocycles. The Labute approximate surface area is 151 Å². The third kappa shape index (κ3) is 3.28. The average molecular weight is 346 g/mol. The molecule has 2 heterocycles. The number of hydrogen-bond acceptors (Lipinski definition) is 3. The Hall–Kier alpha value is -3.21. The van der Waals surface area contributed by atoms with E-state index in [0.717, 1.165) is 34.7 Å². The van der Waals surface area contributed by atoms with Crippen molar-refractivity contribution < 1.29 is 4.39 Å². The van der Waals surface area contributed by atoms with Gasteiger partial charge in [0, 0.05) is 12.1 Å². The summed E-state index contributed by atoms with van der Waals surface area (Å²) in [7, 11) is 0. The number of halogens is 1. The van der Waals surface area contributed by atoms with E-state index in [0.29, 0.717) is 6.54 Å². The van der Waals surface area contributed by atoms with Crippen molar-refractivity contribution >= 4 is 11.5 Å². The molecule has 4 nitrogen and oxygen atoms in total. The van der Waals surface area contributed by atoms with Crippen LogP contribution < -0.4 is 5.32 Å². The summed E-state index contributed by atoms with van der Waals surface area (Å²) in [5.41, 5.74) is 5.13. The average Bonchev–Trinajstić information content (AvgIpc) is 3.11. The fourth-order valence-electron chi connectivity index (χ4n) is 2.87. The topological polar surface area (TPSA) is 42.2 Å². The SMILES string of the molecule is CCc1ccc(-c2cnc3ccc(NCc4ccc(F)cc4)nn23)cc1. The molecule has 5 heteroatoms. The summed E-state index contributed by atoms with van der Waals surface area (Å²) >= 11 is 0. The molecule has 0 aliphatic heterocycles. The number of aromatic nitrogens is 3. The van der Waals surface area contributed by atoms with Gasteiger partial charge in [-0.3, -0.25) is 0 Å². The zero-order valence-electron chi connectivity index (χ0n) is 14.5. The summed E-state index contributed by atoms with van der Waals surface area (Å²) in [4.78, 5) is 4.44. The van der Waals surface area contributed by atoms with Crippen molar-refractivity contribution in [2.24, 2.45) is 0 Å². The van der Waals surface area contributed by atoms with Crippen molar-refractivity contribution in [3.63, 3.8) is 0 Å². The summed E-state index contributed by atoms with van der Waals surface area (Å²) in [5.74, 6) is 0.511. The van der Waals surface area contributed by atoms with Crippen LogP contribution in [0.2, 0.25) is 0 Å². The van der Waals surface area contributed by atoms with Crippen LogP contribution in [0.4, 0.5) is 10.2 Å². The van der Waals surface area contributed by atoms with Crippen molar-refractivity contribution in [3.8, 4) is 11.3 Å². The largest absolute Gasteiger partial charge is 0.365 e. The van der Waals surface area contributed by atoms with Crippen LogP contribution in [0.3, 0.4) is 0 Å². The van der Waals surface area contributed by atoms with Gasteiger partial charge in [0.05, 0.1) is 11.9 Å². The van der Waals surface area contributed by atoms with Gasteiger partial charge in [0.2, 0.25) is 0 Å². The summed E-state index contributed by atoms with van der Waals surface area (Å²) in [5, 5.41) is 7.93. The first kappa shape index (κ1) is 16.3. The highest BCUT2D eigenvalue weighted by Gasteiger charge is 2.08. The molecule has 0 unspecified atom stereocenters. The Kier molecular flexibility index (Phi) is 4.35. The van der Waals surface area contributed by atoms with Crippen molar-refractivity contribution in [1.29, 1.82) is 0 Å². The Morgan fingerprint density at radius 2 is 1.65 bits per heavy atom. The predicted octanol–water partition coefficient (Wildman–Crippen LogP) is 4.71. The van der Waals surface area contributed by atoms with Crippen LogP contribution in [0.1, 0.15) is 18.1 Å². The van der Waals surface area contributed by atoms with E-state index in [1.165, 1.54) is 17.7 Å². The van der Waals surface area contributed by atoms with E-state index in [2.05, 4.69) is 46.6 Å². The molecule has 130 valence electrons. The summed E-state index contributed by atoms with van der Waals surface area (Å²) < 4.78 is 14.8. The fourth-order valence-corrected chi connectivity index (χ4v) is 2.87. The number of rotatable bonds is 5. The first-order chi connectivity index (χ1) is 12.7. The minimum atomic E-state index is -0.231. The van der Waals surface area contributed by atoms with Gasteiger partial charge in [0.15, 0.2) is 5.65 Å². The standard InChI is InChI=1S/C21H19FN4/c1-2-15-3-7-17(8-4-15)19-14-24-21-12-11-20(25-26(19)21)23-13-16-5-9-18(22)10-6-16/h3-12,14H,2,13H2,1H3,(H,23,25). The minimum absolute atomic E-state index is 0.231. The lowest BCUT2D eigenvalue weighted by atomic mass is 10.1. The van der Waals surface area contributed by atoms with Gasteiger partial charge in [-0.2, -0.15) is 0 Å². The Morgan fingerprint density at radius 3 is 2.38 bits per heavy atom. The highest BCUT2D eigenvalue weighted by Crippen LogP contribution is 2.21. The molecule has 0 fully saturated rings. The molecule has 0 radical (unpaired) electrons. The lowest BCUT2D eigenvalue weighted by molar-refractivity contribution is 0.627. The molecule has 4 aromatic rings. The third-order valence-corrected chi connectivity index (χ3v) is 4.41. The van der Waals surface area contributed by atoms with E-state index in [4.69, 9.17) is 0 Å². The van der Waals surface area contributed by atoms with Crippen LogP contribution in [0.25, 0.3) is 16.9 Å². The number of nitrogens with zero attached hydrogens (tertiary/aromatic N) is 3. The first-order valence-corrected chi connectivity index (χ1v) is 8.65. The van der Waals surface area contributed by atoms with Gasteiger partial charge in [0.25, 0.3) is 0 Å². The first-order valence-electron chi connectivity index (χ1n) is 8.65. The molecule has 0 bridgehead atoms. The Balaban J connectivity index is 1.60. The summed E-state index contributed by atoms with van der Waals surface area (Å²) in [6.07, 6.45) is 2.86. The molecular formula is C21H19FN4. The van der Waals surface area contributed by atoms with E-state index < -0.39 is 0 Å². The second kappa shape index (κ2) is 6.96. The Morgan fingerprint density at radius 1 is 0.923 bits per heavy atom. The molecule has 2 aromatic carbocycles. The molecular weight excluding hydrogens is 327 g/mol. The maximum atomic E-state index is 13.0. The zero-order chi connectivity index (χ0) is 17.9. The van der Waals surface area contributed by atoms with Crippen LogP contribution in [0.15, 0.2) is 66.9 Å². The molecule has 4 rings (SSSR count). The van der Waals surface area contributed by atoms with E-state index in [9.17, 15) is 4.39 Å². The lowest BCUT2D eigenvalue weighted by Gasteiger charge is -2.08. The van der Waals surface area contributed by atoms with Crippen LogP contribution in [0.5, 0.6) is 0 Å². The van der Waals surface area contributed by atoms with Crippen LogP contribution in [-0.4, -0.2) is 14.6 Å². The van der Waals surface area contributed by atoms with Gasteiger partial charge in [-0.25, -0.2) is 13.9 Å². The monoisotopic (exact) mass is 346 g/mol. The van der Waals surface area contributed by atoms with E-state index in [1.54, 1.807) is 12.1 Å². The van der Waals surface area contributed by atoms with E-state index >= 15 is 0 Å². The Bertz CT molecular complexity index is 1020. The number of benzene rings is 2. The van der Waals surface area contributed by atoms with Crippen LogP contribution in [0, 0.1) is 5.82 Å². The number of anilines is 1. The molecule has 2 aromatic heterocycles. The lowest BCUT2D eigenvalue weighted by Crippen LogP contribution is -2.04. The zero-order valence-corrected chi connectivity index (χ0v) is 14.5. The van der Waals surface area contributed by atoms with Gasteiger partial charge in [0.1, 0.15) is 11.6 Å². The number of hydrogen-bond donors (Lipinski definition) is 1. The molecule has 0 atom stereocenters. The van der Waals surface area contributed by atoms with Crippen molar-refractivity contribution in [1.82, 2.24) is 14.6 Å². The summed E-state index contributed by atoms with van der Waals surface area (Å²) in [6.45, 7) is 2.72. The normalized spacial score (nSPS) is 11.0. The van der Waals surface area contributed by atoms with Gasteiger partial charge >= 0.3 is 0 Å². The van der Waals surface area contributed by atoms with E-state index in [1.807, 2.05) is 22.8 Å². The van der Waals surface area contributed by atoms with Gasteiger partial charge in [-0.15, -0.1) is 5.10 Å². The van der Waals surface area contributed by atoms with Crippen LogP contribution >= 0.6 is 0 Å². The van der Waals surface area contributed by atoms with Gasteiger partial charge in [-0.05, 0) is 41.8 Å². The molecule has 0 amide bonds. The minimum Gasteiger partial charge on any atom is -0.365 e. The second-order valence-corrected chi connectivity index (χ2v) is 6.16. The maximum absolute atomic E-state index is 13.0. The molecule has 0 aliphatic rings. The molecule has 26 heavy (non-hydrogen) atoms. The second-order valence-electron chi connectivity index (χ2n) is 6.16. The van der Waals surface area contributed by atoms with Crippen molar-refractivity contribution in [2.45, 2.75) is 19.9 Å². The molecule has 0 spiro atoms. The number of fused-ring (bicyclic) bond motifs is 1. The molecule has 0 saturated carbocycles. The number of nitrogens with one attached hydrogen (secondary N) is 1. The van der Waals surface area contributed by atoms with Gasteiger partial charge in [-0.1, -0.05) is 43.3 Å². The maximum Gasteiger partial charge on any atom is 0.154 e. The molecule has 1 N–H and O–H groups in total. The summed E-state index contributed by atoms with van der Waals surface area (Å²) in [6, 6.07) is 18.7. The quantitative estimate of drug-likeness (QED) is 0.569. The number of imidazole rings is 1. The third-order valence-electron chi connectivity index (χ3n) is 4.41. The van der Waals surface area contributed by atoms with Crippen LogP contribution in [-0.2, 0) is 13.0 Å². The van der Waals surface area contributed by atoms with Crippen molar-refractivity contribution in [2.75, 3.05) is 5.32 Å². The number of aryl methyl sites for hydroxylation is 1. The highest BCUT2D eigenvalue weighted by atomic mass is 19.1. The predicted molar refractivity (Wildman–Crippen MR) is 102 cm³/mol. The van der Waals surface area contributed by atoms with Crippen molar-refractivity contribution in [3.05, 3.63) is 83.8 Å². The van der Waals surface area contributed by atoms with Gasteiger partial charge < -0.3 is 5.32 Å². The highest BCUT2D eigenvalue weighted by molar-refractivity contribution is 5.64.